The molecule has 0 amide bonds. The molecule has 4 nitrogen and oxygen atoms in total. The lowest BCUT2D eigenvalue weighted by Gasteiger charge is -2.08. The fourth-order valence-corrected chi connectivity index (χ4v) is 3.90. The number of rotatable bonds is 5. The third kappa shape index (κ3) is 3.33. The molecule has 1 aliphatic carbocycles. The zero-order valence-corrected chi connectivity index (χ0v) is 14.8. The SMILES string of the molecule is Brc1cccc(CSc2nnc(-c3ccncc3)n2C2CC2)c1. The number of halogens is 1. The highest BCUT2D eigenvalue weighted by atomic mass is 79.9. The van der Waals surface area contributed by atoms with Gasteiger partial charge in [0, 0.05) is 34.2 Å². The lowest BCUT2D eigenvalue weighted by atomic mass is 10.2. The van der Waals surface area contributed by atoms with Crippen molar-refractivity contribution in [1.82, 2.24) is 19.7 Å². The van der Waals surface area contributed by atoms with E-state index in [1.54, 1.807) is 24.2 Å². The van der Waals surface area contributed by atoms with Crippen LogP contribution >= 0.6 is 27.7 Å². The highest BCUT2D eigenvalue weighted by Crippen LogP contribution is 2.41. The molecule has 0 N–H and O–H groups in total. The van der Waals surface area contributed by atoms with Gasteiger partial charge in [-0.05, 0) is 42.7 Å². The molecule has 3 aromatic rings. The van der Waals surface area contributed by atoms with Gasteiger partial charge in [0.25, 0.3) is 0 Å². The average Bonchev–Trinajstić information content (AvgIpc) is 3.33. The highest BCUT2D eigenvalue weighted by molar-refractivity contribution is 9.10. The smallest absolute Gasteiger partial charge is 0.192 e. The first-order chi connectivity index (χ1) is 11.3. The third-order valence-electron chi connectivity index (χ3n) is 3.77. The second-order valence-electron chi connectivity index (χ2n) is 5.56. The summed E-state index contributed by atoms with van der Waals surface area (Å²) >= 11 is 5.27. The molecule has 2 aromatic heterocycles. The minimum absolute atomic E-state index is 0.540. The van der Waals surface area contributed by atoms with Crippen LogP contribution in [0.25, 0.3) is 11.4 Å². The molecular weight excluding hydrogens is 372 g/mol. The minimum Gasteiger partial charge on any atom is -0.299 e. The highest BCUT2D eigenvalue weighted by Gasteiger charge is 2.30. The van der Waals surface area contributed by atoms with Gasteiger partial charge in [0.15, 0.2) is 11.0 Å². The van der Waals surface area contributed by atoms with E-state index in [2.05, 4.69) is 53.9 Å². The van der Waals surface area contributed by atoms with Crippen LogP contribution in [0.15, 0.2) is 58.4 Å². The van der Waals surface area contributed by atoms with Gasteiger partial charge in [0.2, 0.25) is 0 Å². The minimum atomic E-state index is 0.540. The number of pyridine rings is 1. The summed E-state index contributed by atoms with van der Waals surface area (Å²) in [5, 5.41) is 9.87. The zero-order chi connectivity index (χ0) is 15.6. The number of nitrogens with zero attached hydrogens (tertiary/aromatic N) is 4. The Kier molecular flexibility index (Phi) is 4.18. The summed E-state index contributed by atoms with van der Waals surface area (Å²) in [7, 11) is 0. The number of thioether (sulfide) groups is 1. The molecule has 0 bridgehead atoms. The third-order valence-corrected chi connectivity index (χ3v) is 5.28. The van der Waals surface area contributed by atoms with E-state index < -0.39 is 0 Å². The fraction of sp³-hybridized carbons (Fsp3) is 0.235. The predicted molar refractivity (Wildman–Crippen MR) is 95.2 cm³/mol. The van der Waals surface area contributed by atoms with Crippen LogP contribution in [0, 0.1) is 0 Å². The fourth-order valence-electron chi connectivity index (χ4n) is 2.51. The number of hydrogen-bond donors (Lipinski definition) is 0. The van der Waals surface area contributed by atoms with Crippen molar-refractivity contribution >= 4 is 27.7 Å². The normalized spacial score (nSPS) is 14.1. The molecular formula is C17H15BrN4S. The first kappa shape index (κ1) is 14.9. The largest absolute Gasteiger partial charge is 0.299 e. The van der Waals surface area contributed by atoms with Crippen molar-refractivity contribution in [1.29, 1.82) is 0 Å². The van der Waals surface area contributed by atoms with Crippen molar-refractivity contribution in [3.05, 3.63) is 58.8 Å². The molecule has 0 radical (unpaired) electrons. The van der Waals surface area contributed by atoms with Crippen LogP contribution in [0.3, 0.4) is 0 Å². The van der Waals surface area contributed by atoms with Crippen LogP contribution in [0.5, 0.6) is 0 Å². The zero-order valence-electron chi connectivity index (χ0n) is 12.4. The van der Waals surface area contributed by atoms with Crippen LogP contribution in [0.1, 0.15) is 24.4 Å². The maximum absolute atomic E-state index is 4.44. The molecule has 0 aliphatic heterocycles. The van der Waals surface area contributed by atoms with Gasteiger partial charge in [-0.3, -0.25) is 9.55 Å². The van der Waals surface area contributed by atoms with Gasteiger partial charge in [-0.15, -0.1) is 10.2 Å². The van der Waals surface area contributed by atoms with Gasteiger partial charge in [0.1, 0.15) is 0 Å². The lowest BCUT2D eigenvalue weighted by molar-refractivity contribution is 0.669. The summed E-state index contributed by atoms with van der Waals surface area (Å²) in [5.74, 6) is 1.84. The molecule has 2 heterocycles. The summed E-state index contributed by atoms with van der Waals surface area (Å²) in [6.45, 7) is 0. The summed E-state index contributed by atoms with van der Waals surface area (Å²) in [4.78, 5) is 4.08. The molecule has 0 unspecified atom stereocenters. The summed E-state index contributed by atoms with van der Waals surface area (Å²) in [6.07, 6.45) is 6.02. The van der Waals surface area contributed by atoms with Crippen molar-refractivity contribution in [3.63, 3.8) is 0 Å². The Morgan fingerprint density at radius 3 is 2.70 bits per heavy atom. The van der Waals surface area contributed by atoms with E-state index in [0.717, 1.165) is 26.8 Å². The van der Waals surface area contributed by atoms with Crippen molar-refractivity contribution in [2.75, 3.05) is 0 Å². The first-order valence-corrected chi connectivity index (χ1v) is 9.31. The molecule has 4 rings (SSSR count). The van der Waals surface area contributed by atoms with Crippen LogP contribution < -0.4 is 0 Å². The van der Waals surface area contributed by atoms with Crippen molar-refractivity contribution in [3.8, 4) is 11.4 Å². The second-order valence-corrected chi connectivity index (χ2v) is 7.42. The Morgan fingerprint density at radius 1 is 1.13 bits per heavy atom. The Labute approximate surface area is 147 Å². The van der Waals surface area contributed by atoms with Gasteiger partial charge in [-0.1, -0.05) is 39.8 Å². The van der Waals surface area contributed by atoms with Crippen LogP contribution in [-0.4, -0.2) is 19.7 Å². The molecule has 1 aliphatic rings. The maximum atomic E-state index is 4.44. The molecule has 1 fully saturated rings. The van der Waals surface area contributed by atoms with E-state index in [-0.39, 0.29) is 0 Å². The molecule has 1 saturated carbocycles. The first-order valence-electron chi connectivity index (χ1n) is 7.54. The van der Waals surface area contributed by atoms with Crippen molar-refractivity contribution in [2.45, 2.75) is 29.8 Å². The molecule has 0 spiro atoms. The maximum Gasteiger partial charge on any atom is 0.192 e. The molecule has 116 valence electrons. The predicted octanol–water partition coefficient (Wildman–Crippen LogP) is 4.73. The number of aromatic nitrogens is 4. The van der Waals surface area contributed by atoms with E-state index in [1.807, 2.05) is 18.2 Å². The van der Waals surface area contributed by atoms with Crippen molar-refractivity contribution in [2.24, 2.45) is 0 Å². The summed E-state index contributed by atoms with van der Waals surface area (Å²) < 4.78 is 3.40. The van der Waals surface area contributed by atoms with Gasteiger partial charge < -0.3 is 0 Å². The number of hydrogen-bond acceptors (Lipinski definition) is 4. The monoisotopic (exact) mass is 386 g/mol. The standard InChI is InChI=1S/C17H15BrN4S/c18-14-3-1-2-12(10-14)11-23-17-21-20-16(22(17)15-4-5-15)13-6-8-19-9-7-13/h1-3,6-10,15H,4-5,11H2. The van der Waals surface area contributed by atoms with Crippen LogP contribution in [-0.2, 0) is 5.75 Å². The molecule has 23 heavy (non-hydrogen) atoms. The molecule has 0 atom stereocenters. The van der Waals surface area contributed by atoms with E-state index in [0.29, 0.717) is 6.04 Å². The van der Waals surface area contributed by atoms with Crippen LogP contribution in [0.2, 0.25) is 0 Å². The van der Waals surface area contributed by atoms with E-state index in [9.17, 15) is 0 Å². The van der Waals surface area contributed by atoms with Gasteiger partial charge in [-0.25, -0.2) is 0 Å². The van der Waals surface area contributed by atoms with Gasteiger partial charge in [0.05, 0.1) is 0 Å². The van der Waals surface area contributed by atoms with Gasteiger partial charge >= 0.3 is 0 Å². The van der Waals surface area contributed by atoms with Gasteiger partial charge in [-0.2, -0.15) is 0 Å². The summed E-state index contributed by atoms with van der Waals surface area (Å²) in [5.41, 5.74) is 2.36. The Bertz CT molecular complexity index is 814. The second kappa shape index (κ2) is 6.45. The summed E-state index contributed by atoms with van der Waals surface area (Å²) in [6, 6.07) is 12.9. The Balaban J connectivity index is 1.61. The Morgan fingerprint density at radius 2 is 1.96 bits per heavy atom. The molecule has 1 aromatic carbocycles. The number of benzene rings is 1. The molecule has 0 saturated heterocycles. The van der Waals surface area contributed by atoms with E-state index in [4.69, 9.17) is 0 Å². The van der Waals surface area contributed by atoms with E-state index in [1.165, 1.54) is 18.4 Å². The van der Waals surface area contributed by atoms with Crippen molar-refractivity contribution < 1.29 is 0 Å². The van der Waals surface area contributed by atoms with E-state index >= 15 is 0 Å². The Hall–Kier alpha value is -1.66. The topological polar surface area (TPSA) is 43.6 Å². The average molecular weight is 387 g/mol. The van der Waals surface area contributed by atoms with Crippen LogP contribution in [0.4, 0.5) is 0 Å². The quantitative estimate of drug-likeness (QED) is 0.594. The molecule has 6 heteroatoms. The lowest BCUT2D eigenvalue weighted by Crippen LogP contribution is -1.99.